The second kappa shape index (κ2) is 6.37. The molecule has 1 aromatic rings. The first kappa shape index (κ1) is 11.0. The minimum absolute atomic E-state index is 0.240. The zero-order valence-corrected chi connectivity index (χ0v) is 9.20. The molecular formula is C8H14N2OS2. The van der Waals surface area contributed by atoms with Crippen LogP contribution in [-0.2, 0) is 0 Å². The van der Waals surface area contributed by atoms with Crippen molar-refractivity contribution in [2.45, 2.75) is 16.8 Å². The number of hydrogen-bond donors (Lipinski definition) is 2. The number of hydrogen-bond acceptors (Lipinski definition) is 5. The summed E-state index contributed by atoms with van der Waals surface area (Å²) < 4.78 is 1.10. The van der Waals surface area contributed by atoms with E-state index in [-0.39, 0.29) is 6.61 Å². The van der Waals surface area contributed by atoms with Crippen LogP contribution in [0.1, 0.15) is 6.42 Å². The van der Waals surface area contributed by atoms with Gasteiger partial charge < -0.3 is 10.4 Å². The quantitative estimate of drug-likeness (QED) is 0.704. The Kier molecular flexibility index (Phi) is 5.38. The van der Waals surface area contributed by atoms with E-state index in [1.54, 1.807) is 23.1 Å². The number of thiazole rings is 1. The molecule has 0 spiro atoms. The van der Waals surface area contributed by atoms with Crippen LogP contribution in [0.3, 0.4) is 0 Å². The molecule has 0 amide bonds. The van der Waals surface area contributed by atoms with Crippen molar-refractivity contribution in [3.8, 4) is 0 Å². The lowest BCUT2D eigenvalue weighted by Crippen LogP contribution is -2.28. The van der Waals surface area contributed by atoms with Gasteiger partial charge in [0.05, 0.1) is 0 Å². The third kappa shape index (κ3) is 4.08. The molecule has 1 atom stereocenters. The van der Waals surface area contributed by atoms with E-state index in [0.29, 0.717) is 6.04 Å². The second-order valence-electron chi connectivity index (χ2n) is 2.61. The molecule has 0 fully saturated rings. The zero-order chi connectivity index (χ0) is 9.52. The summed E-state index contributed by atoms with van der Waals surface area (Å²) in [7, 11) is 1.92. The van der Waals surface area contributed by atoms with Crippen LogP contribution in [0.4, 0.5) is 0 Å². The lowest BCUT2D eigenvalue weighted by Gasteiger charge is -2.12. The summed E-state index contributed by atoms with van der Waals surface area (Å²) in [6, 6.07) is 0.374. The molecule has 1 unspecified atom stereocenters. The van der Waals surface area contributed by atoms with Gasteiger partial charge in [0, 0.05) is 30.0 Å². The van der Waals surface area contributed by atoms with Crippen LogP contribution in [0, 0.1) is 0 Å². The molecule has 5 heteroatoms. The lowest BCUT2D eigenvalue weighted by atomic mass is 10.2. The van der Waals surface area contributed by atoms with Crippen molar-refractivity contribution in [3.05, 3.63) is 11.6 Å². The van der Waals surface area contributed by atoms with Crippen molar-refractivity contribution in [3.63, 3.8) is 0 Å². The number of thioether (sulfide) groups is 1. The Balaban J connectivity index is 2.23. The molecule has 0 saturated heterocycles. The summed E-state index contributed by atoms with van der Waals surface area (Å²) in [6.07, 6.45) is 2.61. The van der Waals surface area contributed by atoms with Gasteiger partial charge in [-0.3, -0.25) is 0 Å². The van der Waals surface area contributed by atoms with Crippen LogP contribution in [0.5, 0.6) is 0 Å². The molecule has 13 heavy (non-hydrogen) atoms. The third-order valence-electron chi connectivity index (χ3n) is 1.70. The van der Waals surface area contributed by atoms with Crippen molar-refractivity contribution in [1.82, 2.24) is 10.3 Å². The first-order chi connectivity index (χ1) is 6.36. The van der Waals surface area contributed by atoms with E-state index in [0.717, 1.165) is 16.5 Å². The maximum absolute atomic E-state index is 8.76. The van der Waals surface area contributed by atoms with Gasteiger partial charge in [-0.1, -0.05) is 11.8 Å². The molecule has 2 N–H and O–H groups in total. The monoisotopic (exact) mass is 218 g/mol. The van der Waals surface area contributed by atoms with Gasteiger partial charge in [0.1, 0.15) is 4.34 Å². The predicted molar refractivity (Wildman–Crippen MR) is 57.4 cm³/mol. The summed E-state index contributed by atoms with van der Waals surface area (Å²) in [5, 5.41) is 13.9. The van der Waals surface area contributed by atoms with Gasteiger partial charge in [-0.25, -0.2) is 4.98 Å². The van der Waals surface area contributed by atoms with Crippen LogP contribution < -0.4 is 5.32 Å². The maximum atomic E-state index is 8.76. The highest BCUT2D eigenvalue weighted by Gasteiger charge is 2.06. The van der Waals surface area contributed by atoms with E-state index < -0.39 is 0 Å². The van der Waals surface area contributed by atoms with E-state index >= 15 is 0 Å². The van der Waals surface area contributed by atoms with Gasteiger partial charge >= 0.3 is 0 Å². The minimum Gasteiger partial charge on any atom is -0.396 e. The summed E-state index contributed by atoms with van der Waals surface area (Å²) in [5.41, 5.74) is 0. The Hall–Kier alpha value is -0.100. The first-order valence-electron chi connectivity index (χ1n) is 4.17. The van der Waals surface area contributed by atoms with Gasteiger partial charge in [-0.2, -0.15) is 0 Å². The highest BCUT2D eigenvalue weighted by Crippen LogP contribution is 2.21. The molecule has 1 heterocycles. The standard InChI is InChI=1S/C8H14N2OS2/c1-9-7(2-4-11)6-13-8-10-3-5-12-8/h3,5,7,9,11H,2,4,6H2,1H3. The SMILES string of the molecule is CNC(CCO)CSc1nccs1. The largest absolute Gasteiger partial charge is 0.396 e. The Morgan fingerprint density at radius 3 is 3.15 bits per heavy atom. The molecule has 0 aliphatic carbocycles. The molecule has 0 aromatic carbocycles. The van der Waals surface area contributed by atoms with E-state index in [2.05, 4.69) is 10.3 Å². The molecule has 3 nitrogen and oxygen atoms in total. The summed E-state index contributed by atoms with van der Waals surface area (Å²) in [6.45, 7) is 0.240. The summed E-state index contributed by atoms with van der Waals surface area (Å²) in [5.74, 6) is 0.963. The number of nitrogens with one attached hydrogen (secondary N) is 1. The number of nitrogens with zero attached hydrogens (tertiary/aromatic N) is 1. The van der Waals surface area contributed by atoms with Crippen molar-refractivity contribution < 1.29 is 5.11 Å². The van der Waals surface area contributed by atoms with Crippen LogP contribution in [0.15, 0.2) is 15.9 Å². The van der Waals surface area contributed by atoms with Crippen LogP contribution in [0.2, 0.25) is 0 Å². The van der Waals surface area contributed by atoms with Gasteiger partial charge in [-0.05, 0) is 13.5 Å². The van der Waals surface area contributed by atoms with Gasteiger partial charge in [0.2, 0.25) is 0 Å². The minimum atomic E-state index is 0.240. The summed E-state index contributed by atoms with van der Waals surface area (Å²) in [4.78, 5) is 4.17. The Labute approximate surface area is 86.6 Å². The number of aliphatic hydroxyl groups is 1. The lowest BCUT2D eigenvalue weighted by molar-refractivity contribution is 0.273. The van der Waals surface area contributed by atoms with Crippen LogP contribution in [0.25, 0.3) is 0 Å². The fraction of sp³-hybridized carbons (Fsp3) is 0.625. The van der Waals surface area contributed by atoms with Crippen LogP contribution in [-0.4, -0.2) is 35.5 Å². The maximum Gasteiger partial charge on any atom is 0.149 e. The molecule has 1 rings (SSSR count). The van der Waals surface area contributed by atoms with Crippen molar-refractivity contribution >= 4 is 23.1 Å². The molecule has 0 saturated carbocycles. The molecule has 0 aliphatic rings. The zero-order valence-electron chi connectivity index (χ0n) is 7.56. The van der Waals surface area contributed by atoms with E-state index in [1.165, 1.54) is 0 Å². The van der Waals surface area contributed by atoms with Crippen molar-refractivity contribution in [2.24, 2.45) is 0 Å². The smallest absolute Gasteiger partial charge is 0.149 e. The molecule has 1 aromatic heterocycles. The Bertz CT molecular complexity index is 216. The Morgan fingerprint density at radius 2 is 2.62 bits per heavy atom. The fourth-order valence-corrected chi connectivity index (χ4v) is 2.74. The predicted octanol–water partition coefficient (Wildman–Crippen LogP) is 1.21. The number of aliphatic hydroxyl groups excluding tert-OH is 1. The molecule has 0 aliphatic heterocycles. The number of aromatic nitrogens is 1. The van der Waals surface area contributed by atoms with Gasteiger partial charge in [0.15, 0.2) is 0 Å². The molecule has 74 valence electrons. The van der Waals surface area contributed by atoms with Gasteiger partial charge in [-0.15, -0.1) is 11.3 Å². The second-order valence-corrected chi connectivity index (χ2v) is 4.77. The first-order valence-corrected chi connectivity index (χ1v) is 6.03. The fourth-order valence-electron chi connectivity index (χ4n) is 0.920. The van der Waals surface area contributed by atoms with E-state index in [4.69, 9.17) is 5.11 Å². The van der Waals surface area contributed by atoms with Crippen LogP contribution >= 0.6 is 23.1 Å². The average Bonchev–Trinajstić information content (AvgIpc) is 2.64. The van der Waals surface area contributed by atoms with Gasteiger partial charge in [0.25, 0.3) is 0 Å². The highest BCUT2D eigenvalue weighted by molar-refractivity contribution is 8.01. The normalized spacial score (nSPS) is 13.1. The topological polar surface area (TPSA) is 45.1 Å². The molecule has 0 radical (unpaired) electrons. The third-order valence-corrected chi connectivity index (χ3v) is 3.83. The van der Waals surface area contributed by atoms with E-state index in [9.17, 15) is 0 Å². The van der Waals surface area contributed by atoms with Crippen molar-refractivity contribution in [1.29, 1.82) is 0 Å². The number of rotatable bonds is 6. The van der Waals surface area contributed by atoms with Crippen molar-refractivity contribution in [2.75, 3.05) is 19.4 Å². The Morgan fingerprint density at radius 1 is 1.77 bits per heavy atom. The highest BCUT2D eigenvalue weighted by atomic mass is 32.2. The molecular weight excluding hydrogens is 204 g/mol. The average molecular weight is 218 g/mol. The summed E-state index contributed by atoms with van der Waals surface area (Å²) >= 11 is 3.39. The molecule has 0 bridgehead atoms. The van der Waals surface area contributed by atoms with E-state index in [1.807, 2.05) is 18.6 Å².